The van der Waals surface area contributed by atoms with Crippen LogP contribution in [-0.2, 0) is 9.53 Å². The van der Waals surface area contributed by atoms with E-state index in [1.54, 1.807) is 0 Å². The fourth-order valence-corrected chi connectivity index (χ4v) is 3.27. The van der Waals surface area contributed by atoms with Gasteiger partial charge >= 0.3 is 5.97 Å². The molecule has 0 spiro atoms. The number of benzene rings is 2. The van der Waals surface area contributed by atoms with Gasteiger partial charge in [-0.15, -0.1) is 0 Å². The Balaban J connectivity index is 1.68. The van der Waals surface area contributed by atoms with Crippen molar-refractivity contribution in [3.8, 4) is 11.8 Å². The van der Waals surface area contributed by atoms with Crippen molar-refractivity contribution in [2.24, 2.45) is 0 Å². The molecular weight excluding hydrogens is 322 g/mol. The van der Waals surface area contributed by atoms with E-state index in [1.165, 1.54) is 12.8 Å². The van der Waals surface area contributed by atoms with Crippen molar-refractivity contribution in [3.05, 3.63) is 71.8 Å². The molecule has 0 bridgehead atoms. The first kappa shape index (κ1) is 18.2. The summed E-state index contributed by atoms with van der Waals surface area (Å²) in [4.78, 5) is 15.2. The summed E-state index contributed by atoms with van der Waals surface area (Å²) in [5.41, 5.74) is 1.86. The third-order valence-corrected chi connectivity index (χ3v) is 4.60. The fourth-order valence-electron chi connectivity index (χ4n) is 3.27. The second kappa shape index (κ2) is 9.22. The highest BCUT2D eigenvalue weighted by atomic mass is 16.5. The smallest absolute Gasteiger partial charge is 0.319 e. The number of likely N-dealkylation sites (tertiary alicyclic amines) is 1. The number of hydrogen-bond donors (Lipinski definition) is 0. The van der Waals surface area contributed by atoms with Crippen LogP contribution in [0.2, 0.25) is 0 Å². The average Bonchev–Trinajstić information content (AvgIpc) is 3.17. The van der Waals surface area contributed by atoms with Crippen LogP contribution >= 0.6 is 0 Å². The van der Waals surface area contributed by atoms with Gasteiger partial charge in [0.05, 0.1) is 6.54 Å². The lowest BCUT2D eigenvalue weighted by molar-refractivity contribution is -0.146. The van der Waals surface area contributed by atoms with E-state index in [0.29, 0.717) is 0 Å². The van der Waals surface area contributed by atoms with Gasteiger partial charge in [-0.1, -0.05) is 72.5 Å². The SMILES string of the molecule is CC(C#CCN1CCCC1)OC(=O)C(c1ccccc1)c1ccccc1. The van der Waals surface area contributed by atoms with Crippen LogP contribution in [0.5, 0.6) is 0 Å². The molecule has 0 amide bonds. The van der Waals surface area contributed by atoms with Gasteiger partial charge in [-0.3, -0.25) is 9.69 Å². The zero-order valence-corrected chi connectivity index (χ0v) is 15.2. The molecule has 0 saturated carbocycles. The third-order valence-electron chi connectivity index (χ3n) is 4.60. The highest BCUT2D eigenvalue weighted by Gasteiger charge is 2.25. The van der Waals surface area contributed by atoms with Gasteiger partial charge in [0, 0.05) is 0 Å². The fraction of sp³-hybridized carbons (Fsp3) is 0.348. The van der Waals surface area contributed by atoms with Gasteiger partial charge < -0.3 is 4.74 Å². The summed E-state index contributed by atoms with van der Waals surface area (Å²) >= 11 is 0. The van der Waals surface area contributed by atoms with Crippen LogP contribution in [-0.4, -0.2) is 36.6 Å². The maximum atomic E-state index is 12.9. The second-order valence-corrected chi connectivity index (χ2v) is 6.64. The molecule has 1 saturated heterocycles. The van der Waals surface area contributed by atoms with Crippen LogP contribution in [0.1, 0.15) is 36.8 Å². The quantitative estimate of drug-likeness (QED) is 0.608. The van der Waals surface area contributed by atoms with Crippen molar-refractivity contribution in [2.45, 2.75) is 31.8 Å². The highest BCUT2D eigenvalue weighted by Crippen LogP contribution is 2.26. The molecule has 1 fully saturated rings. The van der Waals surface area contributed by atoms with Crippen LogP contribution in [0.3, 0.4) is 0 Å². The molecule has 0 aliphatic carbocycles. The number of carbonyl (C=O) groups excluding carboxylic acids is 1. The van der Waals surface area contributed by atoms with Crippen LogP contribution in [0, 0.1) is 11.8 Å². The monoisotopic (exact) mass is 347 g/mol. The summed E-state index contributed by atoms with van der Waals surface area (Å²) in [5.74, 6) is 5.52. The lowest BCUT2D eigenvalue weighted by atomic mass is 9.91. The summed E-state index contributed by atoms with van der Waals surface area (Å²) in [6.07, 6.45) is 2.09. The van der Waals surface area contributed by atoms with Crippen molar-refractivity contribution < 1.29 is 9.53 Å². The number of esters is 1. The number of rotatable bonds is 5. The molecule has 2 aromatic carbocycles. The summed E-state index contributed by atoms with van der Waals surface area (Å²) in [7, 11) is 0. The molecule has 3 nitrogen and oxygen atoms in total. The minimum Gasteiger partial charge on any atom is -0.449 e. The van der Waals surface area contributed by atoms with Crippen LogP contribution in [0.4, 0.5) is 0 Å². The summed E-state index contributed by atoms with van der Waals surface area (Å²) in [6.45, 7) is 4.82. The first-order valence-electron chi connectivity index (χ1n) is 9.25. The molecule has 1 unspecified atom stereocenters. The maximum absolute atomic E-state index is 12.9. The van der Waals surface area contributed by atoms with E-state index in [4.69, 9.17) is 4.74 Å². The van der Waals surface area contributed by atoms with E-state index < -0.39 is 12.0 Å². The Morgan fingerprint density at radius 2 is 1.54 bits per heavy atom. The van der Waals surface area contributed by atoms with Gasteiger partial charge in [0.1, 0.15) is 5.92 Å². The number of ether oxygens (including phenoxy) is 1. The molecule has 2 aromatic rings. The third kappa shape index (κ3) is 4.97. The van der Waals surface area contributed by atoms with Gasteiger partial charge in [-0.05, 0) is 44.0 Å². The minimum atomic E-state index is -0.430. The lowest BCUT2D eigenvalue weighted by Crippen LogP contribution is -2.22. The van der Waals surface area contributed by atoms with Crippen LogP contribution in [0.25, 0.3) is 0 Å². The Kier molecular flexibility index (Phi) is 6.46. The maximum Gasteiger partial charge on any atom is 0.319 e. The Bertz CT molecular complexity index is 716. The van der Waals surface area contributed by atoms with Gasteiger partial charge in [0.25, 0.3) is 0 Å². The molecule has 134 valence electrons. The van der Waals surface area contributed by atoms with Gasteiger partial charge in [0.2, 0.25) is 0 Å². The van der Waals surface area contributed by atoms with Crippen molar-refractivity contribution in [1.29, 1.82) is 0 Å². The van der Waals surface area contributed by atoms with E-state index in [-0.39, 0.29) is 5.97 Å². The first-order valence-corrected chi connectivity index (χ1v) is 9.25. The molecule has 26 heavy (non-hydrogen) atoms. The van der Waals surface area contributed by atoms with Crippen molar-refractivity contribution >= 4 is 5.97 Å². The topological polar surface area (TPSA) is 29.5 Å². The Morgan fingerprint density at radius 3 is 2.08 bits per heavy atom. The number of carbonyl (C=O) groups is 1. The molecular formula is C23H25NO2. The zero-order valence-electron chi connectivity index (χ0n) is 15.2. The normalized spacial score (nSPS) is 15.3. The minimum absolute atomic E-state index is 0.259. The molecule has 1 atom stereocenters. The highest BCUT2D eigenvalue weighted by molar-refractivity contribution is 5.82. The predicted octanol–water partition coefficient (Wildman–Crippen LogP) is 3.85. The second-order valence-electron chi connectivity index (χ2n) is 6.64. The molecule has 0 N–H and O–H groups in total. The Labute approximate surface area is 156 Å². The molecule has 1 aliphatic heterocycles. The van der Waals surface area contributed by atoms with E-state index in [0.717, 1.165) is 30.8 Å². The molecule has 1 aliphatic rings. The summed E-state index contributed by atoms with van der Waals surface area (Å²) < 4.78 is 5.65. The van der Waals surface area contributed by atoms with Crippen molar-refractivity contribution in [1.82, 2.24) is 4.90 Å². The van der Waals surface area contributed by atoms with E-state index >= 15 is 0 Å². The lowest BCUT2D eigenvalue weighted by Gasteiger charge is -2.18. The molecule has 1 heterocycles. The predicted molar refractivity (Wildman–Crippen MR) is 104 cm³/mol. The van der Waals surface area contributed by atoms with Crippen LogP contribution < -0.4 is 0 Å². The summed E-state index contributed by atoms with van der Waals surface area (Å²) in [6, 6.07) is 19.5. The average molecular weight is 347 g/mol. The molecule has 0 aromatic heterocycles. The Hall–Kier alpha value is -2.57. The number of hydrogen-bond acceptors (Lipinski definition) is 3. The van der Waals surface area contributed by atoms with E-state index in [9.17, 15) is 4.79 Å². The van der Waals surface area contributed by atoms with Gasteiger partial charge in [-0.25, -0.2) is 0 Å². The standard InChI is InChI=1S/C23H25NO2/c1-19(11-10-18-24-16-8-9-17-24)26-23(25)22(20-12-4-2-5-13-20)21-14-6-3-7-15-21/h2-7,12-15,19,22H,8-9,16-18H2,1H3. The van der Waals surface area contributed by atoms with E-state index in [1.807, 2.05) is 67.6 Å². The molecule has 3 heteroatoms. The van der Waals surface area contributed by atoms with Gasteiger partial charge in [0.15, 0.2) is 6.10 Å². The molecule has 3 rings (SSSR count). The van der Waals surface area contributed by atoms with Crippen LogP contribution in [0.15, 0.2) is 60.7 Å². The van der Waals surface area contributed by atoms with Crippen molar-refractivity contribution in [3.63, 3.8) is 0 Å². The van der Waals surface area contributed by atoms with E-state index in [2.05, 4.69) is 16.7 Å². The first-order chi connectivity index (χ1) is 12.7. The zero-order chi connectivity index (χ0) is 18.2. The van der Waals surface area contributed by atoms with Crippen molar-refractivity contribution in [2.75, 3.05) is 19.6 Å². The summed E-state index contributed by atoms with van der Waals surface area (Å²) in [5, 5.41) is 0. The Morgan fingerprint density at radius 1 is 1.00 bits per heavy atom. The number of nitrogens with zero attached hydrogens (tertiary/aromatic N) is 1. The largest absolute Gasteiger partial charge is 0.449 e. The molecule has 0 radical (unpaired) electrons. The van der Waals surface area contributed by atoms with Gasteiger partial charge in [-0.2, -0.15) is 0 Å².